The van der Waals surface area contributed by atoms with Crippen LogP contribution in [0.2, 0.25) is 0 Å². The number of rotatable bonds is 3. The molecular formula is C12H18N4O2. The first-order valence-corrected chi connectivity index (χ1v) is 6.07. The first-order chi connectivity index (χ1) is 8.74. The molecule has 98 valence electrons. The van der Waals surface area contributed by atoms with Crippen LogP contribution in [0, 0.1) is 5.92 Å². The first-order valence-electron chi connectivity index (χ1n) is 6.07. The van der Waals surface area contributed by atoms with Crippen LogP contribution in [0.25, 0.3) is 0 Å². The summed E-state index contributed by atoms with van der Waals surface area (Å²) in [5.74, 6) is 5.50. The Bertz CT molecular complexity index is 399. The second-order valence-electron chi connectivity index (χ2n) is 4.49. The van der Waals surface area contributed by atoms with Gasteiger partial charge in [-0.15, -0.1) is 0 Å². The summed E-state index contributed by atoms with van der Waals surface area (Å²) in [6.07, 6.45) is 3.24. The van der Waals surface area contributed by atoms with Gasteiger partial charge in [0.2, 0.25) is 0 Å². The van der Waals surface area contributed by atoms with Gasteiger partial charge in [-0.2, -0.15) is 0 Å². The molecule has 6 heteroatoms. The molecule has 0 radical (unpaired) electrons. The van der Waals surface area contributed by atoms with Gasteiger partial charge in [0, 0.05) is 19.7 Å². The average Bonchev–Trinajstić information content (AvgIpc) is 2.47. The number of pyridine rings is 1. The minimum atomic E-state index is -0.0602. The fourth-order valence-corrected chi connectivity index (χ4v) is 2.09. The Kier molecular flexibility index (Phi) is 4.11. The summed E-state index contributed by atoms with van der Waals surface area (Å²) in [5.41, 5.74) is 3.57. The SMILES string of the molecule is NNc1ccc(C(=O)N2CCC(CO)CC2)nc1. The zero-order valence-electron chi connectivity index (χ0n) is 10.2. The van der Waals surface area contributed by atoms with Crippen molar-refractivity contribution in [3.05, 3.63) is 24.0 Å². The Morgan fingerprint density at radius 1 is 1.50 bits per heavy atom. The van der Waals surface area contributed by atoms with Crippen molar-refractivity contribution < 1.29 is 9.90 Å². The van der Waals surface area contributed by atoms with Crippen molar-refractivity contribution in [2.75, 3.05) is 25.1 Å². The third-order valence-corrected chi connectivity index (χ3v) is 3.31. The van der Waals surface area contributed by atoms with Gasteiger partial charge in [-0.25, -0.2) is 4.98 Å². The topological polar surface area (TPSA) is 91.5 Å². The number of likely N-dealkylation sites (tertiary alicyclic amines) is 1. The molecule has 1 aliphatic heterocycles. The van der Waals surface area contributed by atoms with Gasteiger partial charge < -0.3 is 15.4 Å². The summed E-state index contributed by atoms with van der Waals surface area (Å²) in [6, 6.07) is 3.39. The van der Waals surface area contributed by atoms with Crippen LogP contribution in [0.15, 0.2) is 18.3 Å². The molecule has 0 saturated carbocycles. The molecule has 0 spiro atoms. The first kappa shape index (κ1) is 12.8. The largest absolute Gasteiger partial charge is 0.396 e. The highest BCUT2D eigenvalue weighted by Crippen LogP contribution is 2.18. The standard InChI is InChI=1S/C12H18N4O2/c13-15-10-1-2-11(14-7-10)12(18)16-5-3-9(8-17)4-6-16/h1-2,7,9,15,17H,3-6,8,13H2. The number of carbonyl (C=O) groups is 1. The minimum Gasteiger partial charge on any atom is -0.396 e. The van der Waals surface area contributed by atoms with Gasteiger partial charge in [-0.3, -0.25) is 10.6 Å². The molecule has 4 N–H and O–H groups in total. The molecule has 0 aromatic carbocycles. The molecule has 1 aliphatic rings. The number of hydrogen-bond acceptors (Lipinski definition) is 5. The number of anilines is 1. The number of hydrogen-bond donors (Lipinski definition) is 3. The van der Waals surface area contributed by atoms with E-state index in [4.69, 9.17) is 10.9 Å². The van der Waals surface area contributed by atoms with Crippen molar-refractivity contribution in [1.29, 1.82) is 0 Å². The highest BCUT2D eigenvalue weighted by atomic mass is 16.3. The van der Waals surface area contributed by atoms with Crippen LogP contribution in [0.1, 0.15) is 23.3 Å². The molecule has 0 aliphatic carbocycles. The molecule has 1 fully saturated rings. The van der Waals surface area contributed by atoms with E-state index in [0.29, 0.717) is 30.4 Å². The number of carbonyl (C=O) groups excluding carboxylic acids is 1. The number of nitrogens with two attached hydrogens (primary N) is 1. The summed E-state index contributed by atoms with van der Waals surface area (Å²) in [4.78, 5) is 18.0. The predicted molar refractivity (Wildman–Crippen MR) is 67.8 cm³/mol. The van der Waals surface area contributed by atoms with Gasteiger partial charge in [0.1, 0.15) is 5.69 Å². The molecule has 0 atom stereocenters. The third kappa shape index (κ3) is 2.77. The van der Waals surface area contributed by atoms with Crippen LogP contribution in [0.4, 0.5) is 5.69 Å². The third-order valence-electron chi connectivity index (χ3n) is 3.31. The Hall–Kier alpha value is -1.66. The summed E-state index contributed by atoms with van der Waals surface area (Å²) in [6.45, 7) is 1.57. The van der Waals surface area contributed by atoms with E-state index in [1.165, 1.54) is 6.20 Å². The Morgan fingerprint density at radius 2 is 2.22 bits per heavy atom. The fraction of sp³-hybridized carbons (Fsp3) is 0.500. The lowest BCUT2D eigenvalue weighted by atomic mass is 9.98. The number of nitrogen functional groups attached to an aromatic ring is 1. The molecule has 2 heterocycles. The quantitative estimate of drug-likeness (QED) is 0.527. The maximum Gasteiger partial charge on any atom is 0.272 e. The normalized spacial score (nSPS) is 16.7. The number of nitrogens with one attached hydrogen (secondary N) is 1. The lowest BCUT2D eigenvalue weighted by Crippen LogP contribution is -2.39. The van der Waals surface area contributed by atoms with E-state index in [2.05, 4.69) is 10.4 Å². The predicted octanol–water partition coefficient (Wildman–Crippen LogP) is 0.212. The van der Waals surface area contributed by atoms with Crippen molar-refractivity contribution in [2.45, 2.75) is 12.8 Å². The minimum absolute atomic E-state index is 0.0602. The van der Waals surface area contributed by atoms with Gasteiger partial charge in [0.25, 0.3) is 5.91 Å². The Labute approximate surface area is 106 Å². The highest BCUT2D eigenvalue weighted by Gasteiger charge is 2.23. The van der Waals surface area contributed by atoms with E-state index >= 15 is 0 Å². The molecule has 0 unspecified atom stereocenters. The number of piperidine rings is 1. The number of aliphatic hydroxyl groups is 1. The van der Waals surface area contributed by atoms with E-state index in [-0.39, 0.29) is 12.5 Å². The lowest BCUT2D eigenvalue weighted by molar-refractivity contribution is 0.0645. The molecule has 1 amide bonds. The molecule has 1 saturated heterocycles. The van der Waals surface area contributed by atoms with Gasteiger partial charge in [0.15, 0.2) is 0 Å². The van der Waals surface area contributed by atoms with Crippen LogP contribution in [-0.4, -0.2) is 40.6 Å². The Balaban J connectivity index is 1.98. The van der Waals surface area contributed by atoms with E-state index in [9.17, 15) is 4.79 Å². The smallest absolute Gasteiger partial charge is 0.272 e. The van der Waals surface area contributed by atoms with Crippen LogP contribution in [0.5, 0.6) is 0 Å². The van der Waals surface area contributed by atoms with Crippen molar-refractivity contribution in [1.82, 2.24) is 9.88 Å². The van der Waals surface area contributed by atoms with Gasteiger partial charge in [-0.05, 0) is 30.9 Å². The summed E-state index contributed by atoms with van der Waals surface area (Å²) in [5, 5.41) is 9.06. The van der Waals surface area contributed by atoms with Gasteiger partial charge >= 0.3 is 0 Å². The van der Waals surface area contributed by atoms with E-state index < -0.39 is 0 Å². The molecule has 18 heavy (non-hydrogen) atoms. The number of amides is 1. The second-order valence-corrected chi connectivity index (χ2v) is 4.49. The van der Waals surface area contributed by atoms with Crippen molar-refractivity contribution in [3.8, 4) is 0 Å². The molecule has 2 rings (SSSR count). The maximum atomic E-state index is 12.1. The maximum absolute atomic E-state index is 12.1. The van der Waals surface area contributed by atoms with Gasteiger partial charge in [0.05, 0.1) is 11.9 Å². The lowest BCUT2D eigenvalue weighted by Gasteiger charge is -2.30. The van der Waals surface area contributed by atoms with E-state index in [1.54, 1.807) is 17.0 Å². The van der Waals surface area contributed by atoms with Crippen molar-refractivity contribution in [2.24, 2.45) is 11.8 Å². The Morgan fingerprint density at radius 3 is 2.72 bits per heavy atom. The molecule has 1 aromatic rings. The van der Waals surface area contributed by atoms with Crippen LogP contribution >= 0.6 is 0 Å². The van der Waals surface area contributed by atoms with Gasteiger partial charge in [-0.1, -0.05) is 0 Å². The van der Waals surface area contributed by atoms with Crippen molar-refractivity contribution in [3.63, 3.8) is 0 Å². The number of aromatic nitrogens is 1. The monoisotopic (exact) mass is 250 g/mol. The summed E-state index contributed by atoms with van der Waals surface area (Å²) in [7, 11) is 0. The van der Waals surface area contributed by atoms with E-state index in [0.717, 1.165) is 12.8 Å². The van der Waals surface area contributed by atoms with Crippen LogP contribution in [0.3, 0.4) is 0 Å². The highest BCUT2D eigenvalue weighted by molar-refractivity contribution is 5.92. The zero-order valence-corrected chi connectivity index (χ0v) is 10.2. The molecule has 1 aromatic heterocycles. The fourth-order valence-electron chi connectivity index (χ4n) is 2.09. The number of nitrogens with zero attached hydrogens (tertiary/aromatic N) is 2. The molecule has 0 bridgehead atoms. The van der Waals surface area contributed by atoms with Crippen LogP contribution in [-0.2, 0) is 0 Å². The second kappa shape index (κ2) is 5.79. The van der Waals surface area contributed by atoms with Crippen molar-refractivity contribution >= 4 is 11.6 Å². The average molecular weight is 250 g/mol. The molecule has 6 nitrogen and oxygen atoms in total. The molecular weight excluding hydrogens is 232 g/mol. The summed E-state index contributed by atoms with van der Waals surface area (Å²) >= 11 is 0. The van der Waals surface area contributed by atoms with E-state index in [1.807, 2.05) is 0 Å². The van der Waals surface area contributed by atoms with Crippen LogP contribution < -0.4 is 11.3 Å². The summed E-state index contributed by atoms with van der Waals surface area (Å²) < 4.78 is 0. The zero-order chi connectivity index (χ0) is 13.0. The number of aliphatic hydroxyl groups excluding tert-OH is 1. The number of hydrazine groups is 1.